The standard InChI is InChI=1S/C23H30N2O3/c1-5-20(23(27)24-17(2)3)25(15-19-12-7-6-8-13-19)22(26)16-28-21-14-10-9-11-18(21)4/h6-14,17,20H,5,15-16H2,1-4H3,(H,24,27). The number of amides is 2. The third-order valence-corrected chi connectivity index (χ3v) is 4.46. The van der Waals surface area contributed by atoms with E-state index in [9.17, 15) is 9.59 Å². The van der Waals surface area contributed by atoms with Gasteiger partial charge in [0.25, 0.3) is 5.91 Å². The van der Waals surface area contributed by atoms with E-state index >= 15 is 0 Å². The molecule has 0 saturated carbocycles. The van der Waals surface area contributed by atoms with Crippen molar-refractivity contribution >= 4 is 11.8 Å². The summed E-state index contributed by atoms with van der Waals surface area (Å²) in [5.41, 5.74) is 1.94. The highest BCUT2D eigenvalue weighted by Gasteiger charge is 2.29. The first kappa shape index (κ1) is 21.5. The van der Waals surface area contributed by atoms with Gasteiger partial charge in [-0.15, -0.1) is 0 Å². The van der Waals surface area contributed by atoms with Gasteiger partial charge in [0.1, 0.15) is 11.8 Å². The lowest BCUT2D eigenvalue weighted by atomic mass is 10.1. The number of ether oxygens (including phenoxy) is 1. The minimum Gasteiger partial charge on any atom is -0.484 e. The quantitative estimate of drug-likeness (QED) is 0.719. The maximum absolute atomic E-state index is 13.0. The van der Waals surface area contributed by atoms with Gasteiger partial charge >= 0.3 is 0 Å². The largest absolute Gasteiger partial charge is 0.484 e. The lowest BCUT2D eigenvalue weighted by molar-refractivity contribution is -0.143. The third kappa shape index (κ3) is 6.12. The summed E-state index contributed by atoms with van der Waals surface area (Å²) in [6.45, 7) is 7.93. The Balaban J connectivity index is 2.19. The summed E-state index contributed by atoms with van der Waals surface area (Å²) in [5.74, 6) is 0.325. The van der Waals surface area contributed by atoms with Gasteiger partial charge in [0.2, 0.25) is 5.91 Å². The number of benzene rings is 2. The van der Waals surface area contributed by atoms with Gasteiger partial charge in [0.05, 0.1) is 0 Å². The maximum atomic E-state index is 13.0. The number of carbonyl (C=O) groups excluding carboxylic acids is 2. The highest BCUT2D eigenvalue weighted by Crippen LogP contribution is 2.17. The summed E-state index contributed by atoms with van der Waals surface area (Å²) in [5, 5.41) is 2.92. The highest BCUT2D eigenvalue weighted by molar-refractivity contribution is 5.88. The Morgan fingerprint density at radius 3 is 2.29 bits per heavy atom. The van der Waals surface area contributed by atoms with E-state index in [1.54, 1.807) is 4.90 Å². The molecule has 150 valence electrons. The van der Waals surface area contributed by atoms with Crippen LogP contribution in [0.25, 0.3) is 0 Å². The molecule has 0 aliphatic carbocycles. The summed E-state index contributed by atoms with van der Waals surface area (Å²) in [7, 11) is 0. The van der Waals surface area contributed by atoms with E-state index in [2.05, 4.69) is 5.32 Å². The Hall–Kier alpha value is -2.82. The Bertz CT molecular complexity index is 774. The Morgan fingerprint density at radius 1 is 1.04 bits per heavy atom. The average Bonchev–Trinajstić information content (AvgIpc) is 2.67. The molecule has 0 heterocycles. The summed E-state index contributed by atoms with van der Waals surface area (Å²) < 4.78 is 5.75. The second kappa shape index (κ2) is 10.5. The zero-order valence-corrected chi connectivity index (χ0v) is 17.1. The van der Waals surface area contributed by atoms with E-state index in [-0.39, 0.29) is 24.5 Å². The molecule has 0 fully saturated rings. The van der Waals surface area contributed by atoms with Gasteiger partial charge in [-0.05, 0) is 44.4 Å². The monoisotopic (exact) mass is 382 g/mol. The molecule has 1 atom stereocenters. The molecule has 0 aromatic heterocycles. The van der Waals surface area contributed by atoms with Crippen molar-refractivity contribution in [3.05, 3.63) is 65.7 Å². The maximum Gasteiger partial charge on any atom is 0.261 e. The molecule has 2 amide bonds. The van der Waals surface area contributed by atoms with Gasteiger partial charge in [-0.2, -0.15) is 0 Å². The minimum atomic E-state index is -0.546. The molecular formula is C23H30N2O3. The van der Waals surface area contributed by atoms with Crippen molar-refractivity contribution in [2.75, 3.05) is 6.61 Å². The smallest absolute Gasteiger partial charge is 0.261 e. The van der Waals surface area contributed by atoms with E-state index < -0.39 is 6.04 Å². The summed E-state index contributed by atoms with van der Waals surface area (Å²) >= 11 is 0. The van der Waals surface area contributed by atoms with Crippen molar-refractivity contribution in [3.8, 4) is 5.75 Å². The molecule has 0 saturated heterocycles. The molecule has 5 heteroatoms. The van der Waals surface area contributed by atoms with Gasteiger partial charge in [0.15, 0.2) is 6.61 Å². The van der Waals surface area contributed by atoms with Gasteiger partial charge in [0, 0.05) is 12.6 Å². The predicted molar refractivity (Wildman–Crippen MR) is 111 cm³/mol. The molecule has 2 rings (SSSR count). The zero-order valence-electron chi connectivity index (χ0n) is 17.1. The highest BCUT2D eigenvalue weighted by atomic mass is 16.5. The van der Waals surface area contributed by atoms with Crippen molar-refractivity contribution in [2.24, 2.45) is 0 Å². The second-order valence-electron chi connectivity index (χ2n) is 7.15. The number of para-hydroxylation sites is 1. The molecule has 0 radical (unpaired) electrons. The number of hydrogen-bond donors (Lipinski definition) is 1. The molecule has 28 heavy (non-hydrogen) atoms. The van der Waals surface area contributed by atoms with Crippen LogP contribution in [0.5, 0.6) is 5.75 Å². The van der Waals surface area contributed by atoms with Crippen LogP contribution in [0.2, 0.25) is 0 Å². The lowest BCUT2D eigenvalue weighted by Gasteiger charge is -2.31. The Morgan fingerprint density at radius 2 is 1.68 bits per heavy atom. The molecule has 0 aliphatic heterocycles. The Labute approximate surface area is 167 Å². The minimum absolute atomic E-state index is 0.0124. The molecule has 1 unspecified atom stereocenters. The van der Waals surface area contributed by atoms with E-state index in [4.69, 9.17) is 4.74 Å². The van der Waals surface area contributed by atoms with Crippen LogP contribution < -0.4 is 10.1 Å². The van der Waals surface area contributed by atoms with E-state index in [1.165, 1.54) is 0 Å². The van der Waals surface area contributed by atoms with Crippen LogP contribution >= 0.6 is 0 Å². The van der Waals surface area contributed by atoms with Crippen LogP contribution in [0.3, 0.4) is 0 Å². The van der Waals surface area contributed by atoms with Gasteiger partial charge < -0.3 is 15.0 Å². The number of rotatable bonds is 9. The lowest BCUT2D eigenvalue weighted by Crippen LogP contribution is -2.51. The van der Waals surface area contributed by atoms with Crippen LogP contribution in [0.1, 0.15) is 38.3 Å². The zero-order chi connectivity index (χ0) is 20.5. The summed E-state index contributed by atoms with van der Waals surface area (Å²) in [6.07, 6.45) is 0.529. The number of carbonyl (C=O) groups is 2. The van der Waals surface area contributed by atoms with E-state index in [1.807, 2.05) is 82.3 Å². The van der Waals surface area contributed by atoms with E-state index in [0.29, 0.717) is 18.7 Å². The fraction of sp³-hybridized carbons (Fsp3) is 0.391. The summed E-state index contributed by atoms with van der Waals surface area (Å²) in [6, 6.07) is 16.7. The number of nitrogens with zero attached hydrogens (tertiary/aromatic N) is 1. The third-order valence-electron chi connectivity index (χ3n) is 4.46. The average molecular weight is 383 g/mol. The SMILES string of the molecule is CCC(C(=O)NC(C)C)N(Cc1ccccc1)C(=O)COc1ccccc1C. The molecule has 2 aromatic rings. The normalized spacial score (nSPS) is 11.8. The van der Waals surface area contributed by atoms with Crippen LogP contribution in [0.15, 0.2) is 54.6 Å². The van der Waals surface area contributed by atoms with E-state index in [0.717, 1.165) is 11.1 Å². The second-order valence-corrected chi connectivity index (χ2v) is 7.15. The fourth-order valence-corrected chi connectivity index (χ4v) is 3.02. The van der Waals surface area contributed by atoms with Crippen molar-refractivity contribution in [1.82, 2.24) is 10.2 Å². The van der Waals surface area contributed by atoms with Crippen LogP contribution in [-0.2, 0) is 16.1 Å². The fourth-order valence-electron chi connectivity index (χ4n) is 3.02. The van der Waals surface area contributed by atoms with Crippen LogP contribution in [-0.4, -0.2) is 35.4 Å². The first-order valence-electron chi connectivity index (χ1n) is 9.74. The number of hydrogen-bond acceptors (Lipinski definition) is 3. The predicted octanol–water partition coefficient (Wildman–Crippen LogP) is 3.71. The molecule has 5 nitrogen and oxygen atoms in total. The topological polar surface area (TPSA) is 58.6 Å². The van der Waals surface area contributed by atoms with Gasteiger partial charge in [-0.3, -0.25) is 9.59 Å². The Kier molecular flexibility index (Phi) is 8.05. The molecule has 0 spiro atoms. The van der Waals surface area contributed by atoms with Crippen LogP contribution in [0.4, 0.5) is 0 Å². The van der Waals surface area contributed by atoms with Crippen molar-refractivity contribution in [3.63, 3.8) is 0 Å². The van der Waals surface area contributed by atoms with Gasteiger partial charge in [-0.1, -0.05) is 55.5 Å². The van der Waals surface area contributed by atoms with Crippen LogP contribution in [0, 0.1) is 6.92 Å². The first-order chi connectivity index (χ1) is 13.4. The number of nitrogens with one attached hydrogen (secondary N) is 1. The molecule has 2 aromatic carbocycles. The van der Waals surface area contributed by atoms with Gasteiger partial charge in [-0.25, -0.2) is 0 Å². The van der Waals surface area contributed by atoms with Crippen molar-refractivity contribution in [2.45, 2.75) is 52.7 Å². The molecule has 0 bridgehead atoms. The first-order valence-corrected chi connectivity index (χ1v) is 9.74. The number of aryl methyl sites for hydroxylation is 1. The molecule has 1 N–H and O–H groups in total. The van der Waals surface area contributed by atoms with Crippen molar-refractivity contribution in [1.29, 1.82) is 0 Å². The molecular weight excluding hydrogens is 352 g/mol. The summed E-state index contributed by atoms with van der Waals surface area (Å²) in [4.78, 5) is 27.4. The molecule has 0 aliphatic rings. The van der Waals surface area contributed by atoms with Crippen molar-refractivity contribution < 1.29 is 14.3 Å².